The summed E-state index contributed by atoms with van der Waals surface area (Å²) in [6.07, 6.45) is 1.02. The van der Waals surface area contributed by atoms with Crippen LogP contribution in [0.3, 0.4) is 0 Å². The van der Waals surface area contributed by atoms with E-state index in [0.717, 1.165) is 12.5 Å². The number of nitrogens with one attached hydrogen (secondary N) is 1. The topological polar surface area (TPSA) is 85.4 Å². The highest BCUT2D eigenvalue weighted by Gasteiger charge is 2.36. The van der Waals surface area contributed by atoms with Crippen LogP contribution < -0.4 is 10.5 Å². The fourth-order valence-electron chi connectivity index (χ4n) is 4.19. The zero-order chi connectivity index (χ0) is 22.9. The van der Waals surface area contributed by atoms with Crippen molar-refractivity contribution >= 4 is 23.5 Å². The first kappa shape index (κ1) is 22.5. The van der Waals surface area contributed by atoms with Crippen LogP contribution in [0.15, 0.2) is 29.5 Å². The molecular formula is C20H22ClF3N6O2. The van der Waals surface area contributed by atoms with E-state index in [1.165, 1.54) is 18.6 Å². The molecular weight excluding hydrogens is 449 g/mol. The average molecular weight is 471 g/mol. The Kier molecular flexibility index (Phi) is 6.38. The van der Waals surface area contributed by atoms with Gasteiger partial charge in [-0.15, -0.1) is 0 Å². The Morgan fingerprint density at radius 2 is 1.84 bits per heavy atom. The van der Waals surface area contributed by atoms with Gasteiger partial charge in [-0.05, 0) is 31.0 Å². The summed E-state index contributed by atoms with van der Waals surface area (Å²) >= 11 is 5.82. The smallest absolute Gasteiger partial charge is 0.338 e. The highest BCUT2D eigenvalue weighted by Crippen LogP contribution is 2.34. The molecule has 12 heteroatoms. The summed E-state index contributed by atoms with van der Waals surface area (Å²) in [5, 5.41) is 0.451. The number of alkyl halides is 3. The quantitative estimate of drug-likeness (QED) is 0.738. The van der Waals surface area contributed by atoms with Crippen molar-refractivity contribution in [1.29, 1.82) is 0 Å². The normalized spacial score (nSPS) is 20.1. The van der Waals surface area contributed by atoms with Crippen LogP contribution in [0.4, 0.5) is 19.1 Å². The van der Waals surface area contributed by atoms with Gasteiger partial charge in [-0.1, -0.05) is 11.6 Å². The Morgan fingerprint density at radius 1 is 1.16 bits per heavy atom. The van der Waals surface area contributed by atoms with Crippen molar-refractivity contribution in [2.45, 2.75) is 25.1 Å². The van der Waals surface area contributed by atoms with Gasteiger partial charge in [0, 0.05) is 38.4 Å². The van der Waals surface area contributed by atoms with Gasteiger partial charge in [0.05, 0.1) is 24.0 Å². The molecule has 0 bridgehead atoms. The molecule has 0 aliphatic carbocycles. The number of rotatable bonds is 4. The Balaban J connectivity index is 1.38. The molecule has 8 nitrogen and oxygen atoms in total. The lowest BCUT2D eigenvalue weighted by atomic mass is 10.0. The van der Waals surface area contributed by atoms with E-state index < -0.39 is 17.3 Å². The van der Waals surface area contributed by atoms with Gasteiger partial charge in [0.15, 0.2) is 0 Å². The van der Waals surface area contributed by atoms with Crippen molar-refractivity contribution in [3.63, 3.8) is 0 Å². The minimum atomic E-state index is -4.73. The number of aromatic amines is 1. The van der Waals surface area contributed by atoms with Crippen LogP contribution in [-0.2, 0) is 11.0 Å². The maximum Gasteiger partial charge on any atom is 0.421 e. The molecule has 4 heterocycles. The summed E-state index contributed by atoms with van der Waals surface area (Å²) in [5.74, 6) is 0.480. The number of pyridine rings is 1. The van der Waals surface area contributed by atoms with E-state index in [0.29, 0.717) is 55.7 Å². The predicted octanol–water partition coefficient (Wildman–Crippen LogP) is 2.32. The van der Waals surface area contributed by atoms with Crippen LogP contribution in [0.25, 0.3) is 0 Å². The number of H-pyrrole nitrogens is 1. The van der Waals surface area contributed by atoms with Crippen LogP contribution >= 0.6 is 11.6 Å². The Bertz CT molecular complexity index is 1020. The molecule has 32 heavy (non-hydrogen) atoms. The summed E-state index contributed by atoms with van der Waals surface area (Å²) in [5.41, 5.74) is -2.01. The number of hydrogen-bond acceptors (Lipinski definition) is 6. The molecule has 0 spiro atoms. The maximum absolute atomic E-state index is 13.1. The van der Waals surface area contributed by atoms with E-state index >= 15 is 0 Å². The fourth-order valence-corrected chi connectivity index (χ4v) is 4.29. The second-order valence-electron chi connectivity index (χ2n) is 7.87. The van der Waals surface area contributed by atoms with Crippen molar-refractivity contribution in [1.82, 2.24) is 24.8 Å². The first-order valence-corrected chi connectivity index (χ1v) is 10.6. The van der Waals surface area contributed by atoms with E-state index in [2.05, 4.69) is 15.0 Å². The number of nitrogens with zero attached hydrogens (tertiary/aromatic N) is 5. The van der Waals surface area contributed by atoms with Crippen molar-refractivity contribution in [2.24, 2.45) is 0 Å². The third kappa shape index (κ3) is 4.88. The molecule has 2 aromatic rings. The molecule has 2 aliphatic rings. The van der Waals surface area contributed by atoms with Crippen molar-refractivity contribution < 1.29 is 18.0 Å². The first-order valence-electron chi connectivity index (χ1n) is 10.3. The largest absolute Gasteiger partial charge is 0.421 e. The molecule has 1 atom stereocenters. The van der Waals surface area contributed by atoms with E-state index in [9.17, 15) is 22.8 Å². The highest BCUT2D eigenvalue weighted by atomic mass is 35.5. The number of anilines is 1. The number of likely N-dealkylation sites (tertiary alicyclic amines) is 1. The van der Waals surface area contributed by atoms with Gasteiger partial charge in [-0.3, -0.25) is 14.5 Å². The SMILES string of the molecule is O=C(CN1CCCC1c1c[nH]c(=O)c(C(F)(F)F)c1)N1CCN(c2ncc(Cl)cn2)CC1. The molecule has 2 saturated heterocycles. The van der Waals surface area contributed by atoms with E-state index in [1.807, 2.05) is 9.80 Å². The number of piperazine rings is 1. The van der Waals surface area contributed by atoms with Crippen LogP contribution in [0.2, 0.25) is 5.02 Å². The van der Waals surface area contributed by atoms with Gasteiger partial charge in [0.1, 0.15) is 5.56 Å². The van der Waals surface area contributed by atoms with Gasteiger partial charge in [0.2, 0.25) is 11.9 Å². The van der Waals surface area contributed by atoms with Gasteiger partial charge >= 0.3 is 6.18 Å². The molecule has 1 amide bonds. The summed E-state index contributed by atoms with van der Waals surface area (Å²) in [6.45, 7) is 2.87. The van der Waals surface area contributed by atoms with E-state index in [4.69, 9.17) is 11.6 Å². The number of hydrogen-bond donors (Lipinski definition) is 1. The second-order valence-corrected chi connectivity index (χ2v) is 8.31. The standard InChI is InChI=1S/C20H22ClF3N6O2/c21-14-10-26-19(27-11-14)29-6-4-28(5-7-29)17(31)12-30-3-1-2-16(30)13-8-15(20(22,23)24)18(32)25-9-13/h8-11,16H,1-7,12H2,(H,25,32). The highest BCUT2D eigenvalue weighted by molar-refractivity contribution is 6.30. The lowest BCUT2D eigenvalue weighted by Gasteiger charge is -2.36. The fraction of sp³-hybridized carbons (Fsp3) is 0.500. The van der Waals surface area contributed by atoms with Crippen molar-refractivity contribution in [3.05, 3.63) is 51.2 Å². The Hall–Kier alpha value is -2.66. The lowest BCUT2D eigenvalue weighted by Crippen LogP contribution is -2.51. The summed E-state index contributed by atoms with van der Waals surface area (Å²) in [6, 6.07) is 0.553. The molecule has 1 N–H and O–H groups in total. The second kappa shape index (κ2) is 9.07. The van der Waals surface area contributed by atoms with Crippen LogP contribution in [0.1, 0.15) is 30.0 Å². The van der Waals surface area contributed by atoms with Gasteiger partial charge in [0.25, 0.3) is 5.56 Å². The first-order chi connectivity index (χ1) is 15.2. The molecule has 0 radical (unpaired) electrons. The lowest BCUT2D eigenvalue weighted by molar-refractivity contribution is -0.139. The Labute approximate surface area is 187 Å². The monoisotopic (exact) mass is 470 g/mol. The molecule has 2 aliphatic heterocycles. The summed E-state index contributed by atoms with van der Waals surface area (Å²) < 4.78 is 39.4. The van der Waals surface area contributed by atoms with E-state index in [1.54, 1.807) is 4.90 Å². The van der Waals surface area contributed by atoms with Gasteiger partial charge in [-0.2, -0.15) is 13.2 Å². The van der Waals surface area contributed by atoms with Gasteiger partial charge < -0.3 is 14.8 Å². The van der Waals surface area contributed by atoms with Crippen molar-refractivity contribution in [2.75, 3.05) is 44.2 Å². The Morgan fingerprint density at radius 3 is 2.50 bits per heavy atom. The third-order valence-corrected chi connectivity index (χ3v) is 6.03. The number of aromatic nitrogens is 3. The van der Waals surface area contributed by atoms with Crippen molar-refractivity contribution in [3.8, 4) is 0 Å². The minimum absolute atomic E-state index is 0.0750. The number of halogens is 4. The van der Waals surface area contributed by atoms with Gasteiger partial charge in [-0.25, -0.2) is 9.97 Å². The molecule has 2 fully saturated rings. The molecule has 4 rings (SSSR count). The molecule has 1 unspecified atom stereocenters. The maximum atomic E-state index is 13.1. The minimum Gasteiger partial charge on any atom is -0.338 e. The molecule has 0 aromatic carbocycles. The third-order valence-electron chi connectivity index (χ3n) is 5.84. The zero-order valence-electron chi connectivity index (χ0n) is 17.1. The molecule has 0 saturated carbocycles. The molecule has 172 valence electrons. The van der Waals surface area contributed by atoms with Crippen LogP contribution in [0, 0.1) is 0 Å². The predicted molar refractivity (Wildman–Crippen MR) is 111 cm³/mol. The molecule has 2 aromatic heterocycles. The summed E-state index contributed by atoms with van der Waals surface area (Å²) in [4.78, 5) is 40.6. The number of amides is 1. The van der Waals surface area contributed by atoms with Crippen LogP contribution in [-0.4, -0.2) is 69.9 Å². The zero-order valence-corrected chi connectivity index (χ0v) is 17.9. The average Bonchev–Trinajstić information content (AvgIpc) is 3.22. The summed E-state index contributed by atoms with van der Waals surface area (Å²) in [7, 11) is 0. The van der Waals surface area contributed by atoms with Crippen LogP contribution in [0.5, 0.6) is 0 Å². The number of carbonyl (C=O) groups is 1. The van der Waals surface area contributed by atoms with E-state index in [-0.39, 0.29) is 18.5 Å². The number of carbonyl (C=O) groups excluding carboxylic acids is 1.